The number of carbonyl (C=O) groups is 1. The molecule has 3 aromatic rings. The Bertz CT molecular complexity index is 1040. The van der Waals surface area contributed by atoms with Crippen LogP contribution in [-0.2, 0) is 12.3 Å². The molecule has 0 fully saturated rings. The summed E-state index contributed by atoms with van der Waals surface area (Å²) >= 11 is 1.51. The Hall–Kier alpha value is -3.20. The third-order valence-corrected chi connectivity index (χ3v) is 5.88. The van der Waals surface area contributed by atoms with Crippen LogP contribution in [0.5, 0.6) is 0 Å². The second-order valence-electron chi connectivity index (χ2n) is 7.36. The Kier molecular flexibility index (Phi) is 7.41. The molecule has 0 aliphatic heterocycles. The largest absolute Gasteiger partial charge is 0.342 e. The molecule has 2 aromatic carbocycles. The number of nitro groups is 1. The van der Waals surface area contributed by atoms with Gasteiger partial charge in [0.25, 0.3) is 11.6 Å². The van der Waals surface area contributed by atoms with Gasteiger partial charge in [0.05, 0.1) is 11.0 Å². The minimum atomic E-state index is -0.410. The van der Waals surface area contributed by atoms with E-state index in [4.69, 9.17) is 0 Å². The molecule has 0 spiro atoms. The molecule has 0 radical (unpaired) electrons. The maximum absolute atomic E-state index is 12.7. The van der Waals surface area contributed by atoms with Crippen molar-refractivity contribution in [2.24, 2.45) is 5.92 Å². The lowest BCUT2D eigenvalue weighted by Gasteiger charge is -2.22. The van der Waals surface area contributed by atoms with Crippen molar-refractivity contribution in [2.75, 3.05) is 0 Å². The Labute approximate surface area is 185 Å². The van der Waals surface area contributed by atoms with Crippen LogP contribution < -0.4 is 5.32 Å². The van der Waals surface area contributed by atoms with Gasteiger partial charge in [-0.25, -0.2) is 0 Å². The summed E-state index contributed by atoms with van der Waals surface area (Å²) in [6.07, 6.45) is 0. The maximum atomic E-state index is 12.7. The second kappa shape index (κ2) is 10.2. The fourth-order valence-electron chi connectivity index (χ4n) is 3.14. The van der Waals surface area contributed by atoms with E-state index in [0.717, 1.165) is 10.7 Å². The lowest BCUT2D eigenvalue weighted by atomic mass is 10.0. The highest BCUT2D eigenvalue weighted by atomic mass is 32.2. The molecule has 162 valence electrons. The topological polar surface area (TPSA) is 103 Å². The predicted octanol–water partition coefficient (Wildman–Crippen LogP) is 4.63. The monoisotopic (exact) mass is 439 g/mol. The van der Waals surface area contributed by atoms with Gasteiger partial charge in [0, 0.05) is 30.0 Å². The summed E-state index contributed by atoms with van der Waals surface area (Å²) in [7, 11) is 0. The third kappa shape index (κ3) is 5.49. The van der Waals surface area contributed by atoms with Crippen molar-refractivity contribution in [2.45, 2.75) is 44.3 Å². The van der Waals surface area contributed by atoms with Gasteiger partial charge in [0.15, 0.2) is 11.0 Å². The molecule has 1 amide bonds. The Morgan fingerprint density at radius 1 is 1.13 bits per heavy atom. The van der Waals surface area contributed by atoms with Crippen LogP contribution in [0.3, 0.4) is 0 Å². The zero-order valence-electron chi connectivity index (χ0n) is 17.7. The van der Waals surface area contributed by atoms with E-state index in [1.165, 1.54) is 23.9 Å². The Morgan fingerprint density at radius 3 is 2.39 bits per heavy atom. The van der Waals surface area contributed by atoms with Crippen molar-refractivity contribution < 1.29 is 9.72 Å². The number of nitro benzene ring substituents is 1. The normalized spacial score (nSPS) is 12.0. The minimum absolute atomic E-state index is 0.0710. The number of nitrogens with one attached hydrogen (secondary N) is 1. The molecule has 1 atom stereocenters. The SMILES string of the molecule is CCn1c(SCc2ccc([N+](=O)[O-])cc2)nnc1[C@@H](NC(=O)c1ccccc1)C(C)C. The van der Waals surface area contributed by atoms with Crippen molar-refractivity contribution in [3.8, 4) is 0 Å². The molecular formula is C22H25N5O3S. The summed E-state index contributed by atoms with van der Waals surface area (Å²) < 4.78 is 2.01. The van der Waals surface area contributed by atoms with E-state index in [0.29, 0.717) is 23.7 Å². The zero-order chi connectivity index (χ0) is 22.4. The number of rotatable bonds is 9. The average Bonchev–Trinajstić information content (AvgIpc) is 3.19. The first-order valence-corrected chi connectivity index (χ1v) is 11.0. The quantitative estimate of drug-likeness (QED) is 0.296. The molecule has 9 heteroatoms. The zero-order valence-corrected chi connectivity index (χ0v) is 18.5. The molecule has 0 bridgehead atoms. The average molecular weight is 440 g/mol. The van der Waals surface area contributed by atoms with E-state index < -0.39 is 4.92 Å². The summed E-state index contributed by atoms with van der Waals surface area (Å²) in [4.78, 5) is 23.1. The van der Waals surface area contributed by atoms with Gasteiger partial charge in [-0.1, -0.05) is 55.9 Å². The van der Waals surface area contributed by atoms with Gasteiger partial charge in [-0.2, -0.15) is 0 Å². The van der Waals surface area contributed by atoms with Crippen LogP contribution in [0.2, 0.25) is 0 Å². The Morgan fingerprint density at radius 2 is 1.81 bits per heavy atom. The smallest absolute Gasteiger partial charge is 0.269 e. The fraction of sp³-hybridized carbons (Fsp3) is 0.318. The minimum Gasteiger partial charge on any atom is -0.342 e. The number of benzene rings is 2. The molecule has 0 aliphatic carbocycles. The third-order valence-electron chi connectivity index (χ3n) is 4.84. The molecule has 1 aromatic heterocycles. The molecule has 1 N–H and O–H groups in total. The van der Waals surface area contributed by atoms with E-state index in [9.17, 15) is 14.9 Å². The first kappa shape index (κ1) is 22.5. The van der Waals surface area contributed by atoms with E-state index in [1.807, 2.05) is 43.5 Å². The summed E-state index contributed by atoms with van der Waals surface area (Å²) in [6.45, 7) is 6.75. The van der Waals surface area contributed by atoms with Gasteiger partial charge in [-0.05, 0) is 30.5 Å². The standard InChI is InChI=1S/C22H25N5O3S/c1-4-26-20(19(15(2)3)23-21(28)17-8-6-5-7-9-17)24-25-22(26)31-14-16-10-12-18(13-11-16)27(29)30/h5-13,15,19H,4,14H2,1-3H3,(H,23,28)/t19-/m0/s1. The lowest BCUT2D eigenvalue weighted by molar-refractivity contribution is -0.384. The molecule has 0 unspecified atom stereocenters. The number of thioether (sulfide) groups is 1. The summed E-state index contributed by atoms with van der Waals surface area (Å²) in [5, 5.41) is 23.4. The second-order valence-corrected chi connectivity index (χ2v) is 8.30. The van der Waals surface area contributed by atoms with Gasteiger partial charge >= 0.3 is 0 Å². The number of hydrogen-bond donors (Lipinski definition) is 1. The van der Waals surface area contributed by atoms with Crippen molar-refractivity contribution >= 4 is 23.4 Å². The van der Waals surface area contributed by atoms with Gasteiger partial charge in [-0.3, -0.25) is 14.9 Å². The van der Waals surface area contributed by atoms with Crippen LogP contribution in [0, 0.1) is 16.0 Å². The van der Waals surface area contributed by atoms with Crippen molar-refractivity contribution in [1.82, 2.24) is 20.1 Å². The first-order chi connectivity index (χ1) is 14.9. The van der Waals surface area contributed by atoms with Crippen molar-refractivity contribution in [3.05, 3.63) is 81.7 Å². The van der Waals surface area contributed by atoms with E-state index in [-0.39, 0.29) is 23.6 Å². The molecule has 0 saturated carbocycles. The van der Waals surface area contributed by atoms with E-state index in [2.05, 4.69) is 15.5 Å². The first-order valence-electron chi connectivity index (χ1n) is 10.1. The molecular weight excluding hydrogens is 414 g/mol. The molecule has 1 heterocycles. The number of hydrogen-bond acceptors (Lipinski definition) is 6. The van der Waals surface area contributed by atoms with Gasteiger partial charge in [0.2, 0.25) is 0 Å². The molecule has 0 aliphatic rings. The number of carbonyl (C=O) groups excluding carboxylic acids is 1. The summed E-state index contributed by atoms with van der Waals surface area (Å²) in [6, 6.07) is 15.3. The van der Waals surface area contributed by atoms with Crippen LogP contribution in [0.4, 0.5) is 5.69 Å². The van der Waals surface area contributed by atoms with Gasteiger partial charge in [-0.15, -0.1) is 10.2 Å². The van der Waals surface area contributed by atoms with Gasteiger partial charge < -0.3 is 9.88 Å². The van der Waals surface area contributed by atoms with E-state index >= 15 is 0 Å². The highest BCUT2D eigenvalue weighted by Gasteiger charge is 2.26. The molecule has 3 rings (SSSR count). The van der Waals surface area contributed by atoms with Gasteiger partial charge in [0.1, 0.15) is 0 Å². The summed E-state index contributed by atoms with van der Waals surface area (Å²) in [5.41, 5.74) is 1.63. The lowest BCUT2D eigenvalue weighted by Crippen LogP contribution is -2.33. The number of aromatic nitrogens is 3. The summed E-state index contributed by atoms with van der Waals surface area (Å²) in [5.74, 6) is 1.30. The fourth-order valence-corrected chi connectivity index (χ4v) is 4.10. The van der Waals surface area contributed by atoms with Crippen LogP contribution in [-0.4, -0.2) is 25.6 Å². The van der Waals surface area contributed by atoms with Crippen LogP contribution in [0.15, 0.2) is 59.8 Å². The molecule has 8 nitrogen and oxygen atoms in total. The van der Waals surface area contributed by atoms with Crippen molar-refractivity contribution in [1.29, 1.82) is 0 Å². The van der Waals surface area contributed by atoms with Crippen LogP contribution in [0.25, 0.3) is 0 Å². The molecule has 0 saturated heterocycles. The van der Waals surface area contributed by atoms with Crippen LogP contribution in [0.1, 0.15) is 48.6 Å². The van der Waals surface area contributed by atoms with Crippen molar-refractivity contribution in [3.63, 3.8) is 0 Å². The predicted molar refractivity (Wildman–Crippen MR) is 120 cm³/mol. The number of nitrogens with zero attached hydrogens (tertiary/aromatic N) is 4. The molecule has 31 heavy (non-hydrogen) atoms. The van der Waals surface area contributed by atoms with E-state index in [1.54, 1.807) is 24.3 Å². The highest BCUT2D eigenvalue weighted by Crippen LogP contribution is 2.27. The number of non-ortho nitro benzene ring substituents is 1. The number of amides is 1. The Balaban J connectivity index is 1.76. The van der Waals surface area contributed by atoms with Crippen LogP contribution >= 0.6 is 11.8 Å². The maximum Gasteiger partial charge on any atom is 0.269 e. The highest BCUT2D eigenvalue weighted by molar-refractivity contribution is 7.98.